The highest BCUT2D eigenvalue weighted by atomic mass is 79.9. The summed E-state index contributed by atoms with van der Waals surface area (Å²) in [5.41, 5.74) is -0.366. The zero-order valence-corrected chi connectivity index (χ0v) is 21.5. The summed E-state index contributed by atoms with van der Waals surface area (Å²) in [4.78, 5) is 0. The molecule has 2 aromatic carbocycles. The fraction of sp³-hybridized carbons (Fsp3) is 0.364. The number of nitrogens with zero attached hydrogens (tertiary/aromatic N) is 2. The molecule has 12 heteroatoms. The van der Waals surface area contributed by atoms with E-state index in [9.17, 15) is 25.9 Å². The molecule has 2 aliphatic rings. The SMILES string of the molecule is F[B-](F)(F)C(c1ccc(Br)cc1)=[N+]1CCCC1.F[B-](F)(F)C(c1ccc(Br)cc1)=[N+]1CCCC1. The van der Waals surface area contributed by atoms with Crippen LogP contribution in [0.4, 0.5) is 25.9 Å². The van der Waals surface area contributed by atoms with Gasteiger partial charge in [0.2, 0.25) is 0 Å². The summed E-state index contributed by atoms with van der Waals surface area (Å²) in [6.07, 6.45) is 3.36. The van der Waals surface area contributed by atoms with Crippen LogP contribution in [0.15, 0.2) is 57.5 Å². The van der Waals surface area contributed by atoms with Crippen molar-refractivity contribution >= 4 is 57.0 Å². The van der Waals surface area contributed by atoms with E-state index >= 15 is 0 Å². The van der Waals surface area contributed by atoms with Gasteiger partial charge in [0.1, 0.15) is 37.4 Å². The smallest absolute Gasteiger partial charge is 0.441 e. The Morgan fingerprint density at radius 2 is 0.794 bits per heavy atom. The van der Waals surface area contributed by atoms with Crippen molar-refractivity contribution in [3.05, 3.63) is 68.6 Å². The third-order valence-electron chi connectivity index (χ3n) is 5.79. The van der Waals surface area contributed by atoms with Gasteiger partial charge in [0.15, 0.2) is 0 Å². The molecule has 0 saturated carbocycles. The number of hydrogen-bond donors (Lipinski definition) is 0. The Morgan fingerprint density at radius 3 is 1.03 bits per heavy atom. The van der Waals surface area contributed by atoms with Crippen molar-refractivity contribution in [3.63, 3.8) is 0 Å². The van der Waals surface area contributed by atoms with E-state index in [0.29, 0.717) is 26.2 Å². The van der Waals surface area contributed by atoms with Gasteiger partial charge >= 0.3 is 14.0 Å². The first-order valence-electron chi connectivity index (χ1n) is 11.1. The van der Waals surface area contributed by atoms with Crippen molar-refractivity contribution < 1.29 is 35.0 Å². The summed E-state index contributed by atoms with van der Waals surface area (Å²) >= 11 is 6.46. The molecule has 0 spiro atoms. The molecule has 0 atom stereocenters. The van der Waals surface area contributed by atoms with E-state index in [1.165, 1.54) is 33.4 Å². The Labute approximate surface area is 212 Å². The maximum Gasteiger partial charge on any atom is 0.572 e. The minimum absolute atomic E-state index is 0.266. The maximum atomic E-state index is 13.1. The zero-order chi connectivity index (χ0) is 24.9. The second-order valence-corrected chi connectivity index (χ2v) is 10.2. The van der Waals surface area contributed by atoms with Crippen LogP contribution in [0.25, 0.3) is 0 Å². The predicted octanol–water partition coefficient (Wildman–Crippen LogP) is 6.86. The van der Waals surface area contributed by atoms with Gasteiger partial charge in [0.25, 0.3) is 0 Å². The summed E-state index contributed by atoms with van der Waals surface area (Å²) in [6, 6.07) is 12.7. The normalized spacial score (nSPS) is 16.4. The van der Waals surface area contributed by atoms with Crippen molar-refractivity contribution in [2.24, 2.45) is 0 Å². The molecule has 184 valence electrons. The van der Waals surface area contributed by atoms with Crippen molar-refractivity contribution in [1.29, 1.82) is 0 Å². The molecule has 0 aliphatic carbocycles. The van der Waals surface area contributed by atoms with Gasteiger partial charge in [-0.05, 0) is 24.3 Å². The molecule has 0 unspecified atom stereocenters. The highest BCUT2D eigenvalue weighted by molar-refractivity contribution is 9.10. The van der Waals surface area contributed by atoms with Gasteiger partial charge in [-0.2, -0.15) is 0 Å². The topological polar surface area (TPSA) is 6.02 Å². The van der Waals surface area contributed by atoms with Gasteiger partial charge in [-0.15, -0.1) is 0 Å². The van der Waals surface area contributed by atoms with Crippen molar-refractivity contribution in [1.82, 2.24) is 0 Å². The third-order valence-corrected chi connectivity index (χ3v) is 6.85. The van der Waals surface area contributed by atoms with Gasteiger partial charge in [0, 0.05) is 45.8 Å². The summed E-state index contributed by atoms with van der Waals surface area (Å²) in [7, 11) is 0. The van der Waals surface area contributed by atoms with Gasteiger partial charge in [-0.1, -0.05) is 56.1 Å². The van der Waals surface area contributed by atoms with E-state index in [-0.39, 0.29) is 11.1 Å². The molecule has 2 fully saturated rings. The Balaban J connectivity index is 0.000000191. The summed E-state index contributed by atoms with van der Waals surface area (Å²) in [5, 5.41) is 0. The lowest BCUT2D eigenvalue weighted by Gasteiger charge is -2.17. The average Bonchev–Trinajstić information content (AvgIpc) is 3.45. The van der Waals surface area contributed by atoms with Crippen LogP contribution >= 0.6 is 31.9 Å². The van der Waals surface area contributed by atoms with Crippen LogP contribution in [-0.4, -0.2) is 60.5 Å². The van der Waals surface area contributed by atoms with Gasteiger partial charge in [0.05, 0.1) is 0 Å². The predicted molar refractivity (Wildman–Crippen MR) is 133 cm³/mol. The number of hydrogen-bond acceptors (Lipinski definition) is 0. The van der Waals surface area contributed by atoms with Crippen LogP contribution in [-0.2, 0) is 0 Å². The Bertz CT molecular complexity index is 948. The molecule has 0 radical (unpaired) electrons. The fourth-order valence-electron chi connectivity index (χ4n) is 4.31. The van der Waals surface area contributed by atoms with Crippen LogP contribution in [0.1, 0.15) is 36.8 Å². The zero-order valence-electron chi connectivity index (χ0n) is 18.3. The summed E-state index contributed by atoms with van der Waals surface area (Å²) < 4.78 is 83.3. The van der Waals surface area contributed by atoms with Crippen LogP contribution in [0.3, 0.4) is 0 Å². The second kappa shape index (κ2) is 11.5. The summed E-state index contributed by atoms with van der Waals surface area (Å²) in [6.45, 7) is -7.90. The van der Waals surface area contributed by atoms with Crippen LogP contribution < -0.4 is 0 Å². The highest BCUT2D eigenvalue weighted by Crippen LogP contribution is 2.23. The Kier molecular flexibility index (Phi) is 9.11. The molecule has 0 aromatic heterocycles. The van der Waals surface area contributed by atoms with E-state index in [1.54, 1.807) is 24.3 Å². The lowest BCUT2D eigenvalue weighted by Crippen LogP contribution is -2.38. The number of rotatable bonds is 4. The molecular weight excluding hydrogens is 588 g/mol. The minimum atomic E-state index is -4.96. The van der Waals surface area contributed by atoms with Crippen molar-refractivity contribution in [2.45, 2.75) is 25.7 Å². The molecule has 2 saturated heterocycles. The highest BCUT2D eigenvalue weighted by Gasteiger charge is 2.41. The van der Waals surface area contributed by atoms with Crippen LogP contribution in [0, 0.1) is 0 Å². The van der Waals surface area contributed by atoms with Crippen molar-refractivity contribution in [2.75, 3.05) is 26.2 Å². The third kappa shape index (κ3) is 7.23. The quantitative estimate of drug-likeness (QED) is 0.202. The number of benzene rings is 2. The molecule has 2 nitrogen and oxygen atoms in total. The molecule has 0 bridgehead atoms. The van der Waals surface area contributed by atoms with Crippen LogP contribution in [0.5, 0.6) is 0 Å². The first kappa shape index (κ1) is 27.0. The van der Waals surface area contributed by atoms with Crippen LogP contribution in [0.2, 0.25) is 0 Å². The van der Waals surface area contributed by atoms with E-state index in [1.807, 2.05) is 0 Å². The average molecular weight is 612 g/mol. The standard InChI is InChI=1S/2C11H12BBrF3N/c2*13-10-5-3-9(4-6-10)11(12(14,15)16)17-7-1-2-8-17/h2*3-6H,1-2,7-8H2. The lowest BCUT2D eigenvalue weighted by molar-refractivity contribution is -0.504. The Morgan fingerprint density at radius 1 is 0.529 bits per heavy atom. The van der Waals surface area contributed by atoms with Gasteiger partial charge in [-0.25, -0.2) is 0 Å². The van der Waals surface area contributed by atoms with E-state index in [4.69, 9.17) is 0 Å². The van der Waals surface area contributed by atoms with Gasteiger partial charge in [-0.3, -0.25) is 9.15 Å². The molecule has 2 aliphatic heterocycles. The first-order chi connectivity index (χ1) is 16.0. The van der Waals surface area contributed by atoms with E-state index in [2.05, 4.69) is 31.9 Å². The molecule has 0 amide bonds. The molecule has 4 rings (SSSR count). The van der Waals surface area contributed by atoms with Gasteiger partial charge < -0.3 is 25.9 Å². The molecule has 2 heterocycles. The van der Waals surface area contributed by atoms with E-state index < -0.39 is 25.2 Å². The maximum absolute atomic E-state index is 13.1. The second-order valence-electron chi connectivity index (χ2n) is 8.32. The summed E-state index contributed by atoms with van der Waals surface area (Å²) in [5.74, 6) is 0. The lowest BCUT2D eigenvalue weighted by atomic mass is 9.78. The fourth-order valence-corrected chi connectivity index (χ4v) is 4.84. The number of halogens is 8. The Hall–Kier alpha value is -1.55. The molecule has 2 aromatic rings. The molecular formula is C22H24B2Br2F6N2. The van der Waals surface area contributed by atoms with E-state index in [0.717, 1.165) is 34.6 Å². The molecule has 34 heavy (non-hydrogen) atoms. The monoisotopic (exact) mass is 610 g/mol. The largest absolute Gasteiger partial charge is 0.572 e. The van der Waals surface area contributed by atoms with Crippen molar-refractivity contribution in [3.8, 4) is 0 Å². The first-order valence-corrected chi connectivity index (χ1v) is 12.7. The molecule has 0 N–H and O–H groups in total. The minimum Gasteiger partial charge on any atom is -0.441 e.